The number of benzene rings is 2. The zero-order valence-corrected chi connectivity index (χ0v) is 15.9. The van der Waals surface area contributed by atoms with Gasteiger partial charge >= 0.3 is 0 Å². The zero-order chi connectivity index (χ0) is 17.6. The molecule has 1 fully saturated rings. The van der Waals surface area contributed by atoms with Crippen molar-refractivity contribution in [1.29, 1.82) is 0 Å². The first kappa shape index (κ1) is 18.3. The van der Waals surface area contributed by atoms with Crippen molar-refractivity contribution in [3.63, 3.8) is 0 Å². The third kappa shape index (κ3) is 5.24. The number of hydrogen-bond acceptors (Lipinski definition) is 3. The van der Waals surface area contributed by atoms with Crippen LogP contribution in [0.5, 0.6) is 0 Å². The van der Waals surface area contributed by atoms with Gasteiger partial charge in [-0.1, -0.05) is 29.8 Å². The molecule has 0 aliphatic carbocycles. The van der Waals surface area contributed by atoms with Gasteiger partial charge in [0.2, 0.25) is 5.91 Å². The number of carbonyl (C=O) groups excluding carboxylic acids is 1. The van der Waals surface area contributed by atoms with Crippen LogP contribution in [-0.4, -0.2) is 30.2 Å². The molecule has 2 aromatic rings. The predicted molar refractivity (Wildman–Crippen MR) is 106 cm³/mol. The maximum atomic E-state index is 12.7. The maximum absolute atomic E-state index is 12.7. The molecule has 1 heterocycles. The fraction of sp³-hybridized carbons (Fsp3) is 0.350. The Hall–Kier alpha value is -1.49. The second kappa shape index (κ2) is 8.75. The Bertz CT molecular complexity index is 737. The van der Waals surface area contributed by atoms with Crippen molar-refractivity contribution in [3.8, 4) is 0 Å². The van der Waals surface area contributed by atoms with Crippen molar-refractivity contribution < 1.29 is 4.79 Å². The van der Waals surface area contributed by atoms with Crippen LogP contribution < -0.4 is 5.32 Å². The van der Waals surface area contributed by atoms with E-state index in [9.17, 15) is 4.79 Å². The van der Waals surface area contributed by atoms with Gasteiger partial charge in [0.1, 0.15) is 0 Å². The van der Waals surface area contributed by atoms with E-state index in [1.807, 2.05) is 48.7 Å². The fourth-order valence-corrected chi connectivity index (χ4v) is 3.92. The Morgan fingerprint density at radius 1 is 1.28 bits per heavy atom. The highest BCUT2D eigenvalue weighted by Gasteiger charge is 2.25. The molecular weight excluding hydrogens is 352 g/mol. The molecule has 2 aromatic carbocycles. The number of nitrogens with one attached hydrogen (secondary N) is 1. The molecule has 1 unspecified atom stereocenters. The normalized spacial score (nSPS) is 18.1. The van der Waals surface area contributed by atoms with E-state index in [0.29, 0.717) is 0 Å². The van der Waals surface area contributed by atoms with Gasteiger partial charge in [0.15, 0.2) is 0 Å². The van der Waals surface area contributed by atoms with Crippen LogP contribution in [0.15, 0.2) is 53.4 Å². The Balaban J connectivity index is 1.59. The molecular formula is C20H23ClN2OS. The smallest absolute Gasteiger partial charge is 0.228 e. The van der Waals surface area contributed by atoms with Crippen LogP contribution in [0, 0.1) is 5.92 Å². The van der Waals surface area contributed by atoms with Crippen molar-refractivity contribution in [2.24, 2.45) is 5.92 Å². The maximum Gasteiger partial charge on any atom is 0.228 e. The van der Waals surface area contributed by atoms with Gasteiger partial charge in [-0.15, -0.1) is 11.8 Å². The third-order valence-corrected chi connectivity index (χ3v) is 5.47. The lowest BCUT2D eigenvalue weighted by Crippen LogP contribution is -2.40. The molecule has 1 aliphatic rings. The van der Waals surface area contributed by atoms with E-state index >= 15 is 0 Å². The molecule has 25 heavy (non-hydrogen) atoms. The summed E-state index contributed by atoms with van der Waals surface area (Å²) in [5.74, 6) is 0.153. The molecule has 3 nitrogen and oxygen atoms in total. The van der Waals surface area contributed by atoms with Crippen LogP contribution in [0.4, 0.5) is 5.69 Å². The number of likely N-dealkylation sites (tertiary alicyclic amines) is 1. The van der Waals surface area contributed by atoms with Crippen molar-refractivity contribution in [1.82, 2.24) is 4.90 Å². The van der Waals surface area contributed by atoms with Gasteiger partial charge in [-0.05, 0) is 61.5 Å². The van der Waals surface area contributed by atoms with E-state index < -0.39 is 0 Å². The average molecular weight is 375 g/mol. The van der Waals surface area contributed by atoms with Gasteiger partial charge in [0.05, 0.1) is 5.92 Å². The van der Waals surface area contributed by atoms with Gasteiger partial charge in [-0.25, -0.2) is 0 Å². The molecule has 0 aromatic heterocycles. The topological polar surface area (TPSA) is 32.3 Å². The summed E-state index contributed by atoms with van der Waals surface area (Å²) in [4.78, 5) is 16.2. The minimum atomic E-state index is 0.0332. The summed E-state index contributed by atoms with van der Waals surface area (Å²) in [5.41, 5.74) is 2.07. The Kier molecular flexibility index (Phi) is 6.40. The monoisotopic (exact) mass is 374 g/mol. The van der Waals surface area contributed by atoms with Crippen molar-refractivity contribution in [3.05, 3.63) is 59.1 Å². The minimum Gasteiger partial charge on any atom is -0.326 e. The molecule has 5 heteroatoms. The van der Waals surface area contributed by atoms with E-state index in [-0.39, 0.29) is 11.8 Å². The average Bonchev–Trinajstić information content (AvgIpc) is 2.62. The van der Waals surface area contributed by atoms with Crippen molar-refractivity contribution in [2.45, 2.75) is 24.3 Å². The van der Waals surface area contributed by atoms with Crippen LogP contribution >= 0.6 is 23.4 Å². The lowest BCUT2D eigenvalue weighted by atomic mass is 9.96. The van der Waals surface area contributed by atoms with Gasteiger partial charge in [-0.2, -0.15) is 0 Å². The van der Waals surface area contributed by atoms with Crippen LogP contribution in [0.2, 0.25) is 5.02 Å². The summed E-state index contributed by atoms with van der Waals surface area (Å²) < 4.78 is 0. The molecule has 3 rings (SSSR count). The Labute approximate surface area is 158 Å². The summed E-state index contributed by atoms with van der Waals surface area (Å²) in [6.07, 6.45) is 4.03. The van der Waals surface area contributed by atoms with Gasteiger partial charge < -0.3 is 5.32 Å². The Morgan fingerprint density at radius 3 is 2.92 bits per heavy atom. The van der Waals surface area contributed by atoms with Crippen LogP contribution in [0.25, 0.3) is 0 Å². The molecule has 0 bridgehead atoms. The molecule has 1 N–H and O–H groups in total. The number of hydrogen-bond donors (Lipinski definition) is 1. The van der Waals surface area contributed by atoms with E-state index in [2.05, 4.69) is 16.3 Å². The van der Waals surface area contributed by atoms with E-state index in [4.69, 9.17) is 11.6 Å². The largest absolute Gasteiger partial charge is 0.326 e. The number of thioether (sulfide) groups is 1. The van der Waals surface area contributed by atoms with E-state index in [1.165, 1.54) is 5.56 Å². The zero-order valence-electron chi connectivity index (χ0n) is 14.4. The SMILES string of the molecule is CSc1cccc(NC(=O)C2CCCN(Cc3cccc(Cl)c3)C2)c1. The number of amides is 1. The number of carbonyl (C=O) groups is 1. The molecule has 1 aliphatic heterocycles. The fourth-order valence-electron chi connectivity index (χ4n) is 3.25. The Morgan fingerprint density at radius 2 is 2.12 bits per heavy atom. The molecule has 0 saturated carbocycles. The standard InChI is InChI=1S/C20H23ClN2OS/c1-25-19-9-3-8-18(12-19)22-20(24)16-6-4-10-23(14-16)13-15-5-2-7-17(21)11-15/h2-3,5,7-9,11-12,16H,4,6,10,13-14H2,1H3,(H,22,24). The second-order valence-corrected chi connectivity index (χ2v) is 7.74. The van der Waals surface area contributed by atoms with Gasteiger partial charge in [0, 0.05) is 28.7 Å². The molecule has 0 radical (unpaired) electrons. The first-order chi connectivity index (χ1) is 12.1. The van der Waals surface area contributed by atoms with Crippen molar-refractivity contribution in [2.75, 3.05) is 24.7 Å². The first-order valence-corrected chi connectivity index (χ1v) is 10.2. The molecule has 1 atom stereocenters. The van der Waals surface area contributed by atoms with Crippen molar-refractivity contribution >= 4 is 35.0 Å². The highest BCUT2D eigenvalue weighted by Crippen LogP contribution is 2.23. The summed E-state index contributed by atoms with van der Waals surface area (Å²) in [5, 5.41) is 3.84. The number of rotatable bonds is 5. The van der Waals surface area contributed by atoms with Crippen LogP contribution in [0.3, 0.4) is 0 Å². The summed E-state index contributed by atoms with van der Waals surface area (Å²) in [6.45, 7) is 2.66. The van der Waals surface area contributed by atoms with Gasteiger partial charge in [0.25, 0.3) is 0 Å². The van der Waals surface area contributed by atoms with Crippen LogP contribution in [0.1, 0.15) is 18.4 Å². The molecule has 1 saturated heterocycles. The van der Waals surface area contributed by atoms with Gasteiger partial charge in [-0.3, -0.25) is 9.69 Å². The highest BCUT2D eigenvalue weighted by atomic mass is 35.5. The molecule has 0 spiro atoms. The summed E-state index contributed by atoms with van der Waals surface area (Å²) >= 11 is 7.75. The number of halogens is 1. The van der Waals surface area contributed by atoms with Crippen LogP contribution in [-0.2, 0) is 11.3 Å². The second-order valence-electron chi connectivity index (χ2n) is 6.43. The number of nitrogens with zero attached hydrogens (tertiary/aromatic N) is 1. The predicted octanol–water partition coefficient (Wildman–Crippen LogP) is 4.91. The minimum absolute atomic E-state index is 0.0332. The first-order valence-electron chi connectivity index (χ1n) is 8.56. The molecule has 1 amide bonds. The van der Waals surface area contributed by atoms with E-state index in [1.54, 1.807) is 11.8 Å². The van der Waals surface area contributed by atoms with E-state index in [0.717, 1.165) is 48.1 Å². The summed E-state index contributed by atoms with van der Waals surface area (Å²) in [7, 11) is 0. The molecule has 132 valence electrons. The number of piperidine rings is 1. The lowest BCUT2D eigenvalue weighted by molar-refractivity contribution is -0.121. The summed E-state index contributed by atoms with van der Waals surface area (Å²) in [6, 6.07) is 16.0. The lowest BCUT2D eigenvalue weighted by Gasteiger charge is -2.32. The third-order valence-electron chi connectivity index (χ3n) is 4.51. The number of anilines is 1. The quantitative estimate of drug-likeness (QED) is 0.754. The highest BCUT2D eigenvalue weighted by molar-refractivity contribution is 7.98.